The van der Waals surface area contributed by atoms with Crippen molar-refractivity contribution in [2.24, 2.45) is 0 Å². The highest BCUT2D eigenvalue weighted by molar-refractivity contribution is 9.10. The Labute approximate surface area is 90.4 Å². The number of hydrogen-bond donors (Lipinski definition) is 1. The van der Waals surface area contributed by atoms with E-state index in [2.05, 4.69) is 39.1 Å². The highest BCUT2D eigenvalue weighted by Crippen LogP contribution is 2.28. The molecule has 0 atom stereocenters. The fourth-order valence-electron chi connectivity index (χ4n) is 2.01. The summed E-state index contributed by atoms with van der Waals surface area (Å²) in [7, 11) is 0. The Morgan fingerprint density at radius 2 is 2.29 bits per heavy atom. The van der Waals surface area contributed by atoms with E-state index in [0.29, 0.717) is 0 Å². The van der Waals surface area contributed by atoms with E-state index in [-0.39, 0.29) is 0 Å². The van der Waals surface area contributed by atoms with E-state index >= 15 is 0 Å². The van der Waals surface area contributed by atoms with Crippen molar-refractivity contribution in [3.05, 3.63) is 33.9 Å². The number of nitrogens with one attached hydrogen (secondary N) is 1. The number of benzene rings is 1. The standard InChI is InChI=1S/C11H10BrNO/c12-7-1-2-8-9-6-14-4-3-10(9)13-11(8)5-7/h1-2,5,13H,3-4,6H2. The van der Waals surface area contributed by atoms with Gasteiger partial charge in [0.2, 0.25) is 0 Å². The lowest BCUT2D eigenvalue weighted by atomic mass is 10.1. The second kappa shape index (κ2) is 3.11. The molecule has 1 aliphatic heterocycles. The summed E-state index contributed by atoms with van der Waals surface area (Å²) in [5.41, 5.74) is 3.87. The number of H-pyrrole nitrogens is 1. The third kappa shape index (κ3) is 1.20. The van der Waals surface area contributed by atoms with Gasteiger partial charge in [0, 0.05) is 33.1 Å². The van der Waals surface area contributed by atoms with Crippen LogP contribution in [0.4, 0.5) is 0 Å². The summed E-state index contributed by atoms with van der Waals surface area (Å²) in [5.74, 6) is 0. The topological polar surface area (TPSA) is 25.0 Å². The highest BCUT2D eigenvalue weighted by atomic mass is 79.9. The maximum Gasteiger partial charge on any atom is 0.0740 e. The Morgan fingerprint density at radius 1 is 1.36 bits per heavy atom. The fraction of sp³-hybridized carbons (Fsp3) is 0.273. The minimum Gasteiger partial charge on any atom is -0.376 e. The molecule has 0 unspecified atom stereocenters. The van der Waals surface area contributed by atoms with Crippen LogP contribution < -0.4 is 0 Å². The van der Waals surface area contributed by atoms with Crippen molar-refractivity contribution in [1.82, 2.24) is 4.98 Å². The van der Waals surface area contributed by atoms with Crippen molar-refractivity contribution in [2.45, 2.75) is 13.0 Å². The molecule has 3 heteroatoms. The van der Waals surface area contributed by atoms with Gasteiger partial charge in [0.1, 0.15) is 0 Å². The summed E-state index contributed by atoms with van der Waals surface area (Å²) >= 11 is 3.47. The van der Waals surface area contributed by atoms with Gasteiger partial charge in [0.15, 0.2) is 0 Å². The van der Waals surface area contributed by atoms with E-state index in [1.165, 1.54) is 22.2 Å². The first kappa shape index (κ1) is 8.50. The van der Waals surface area contributed by atoms with Crippen LogP contribution in [0, 0.1) is 0 Å². The van der Waals surface area contributed by atoms with Gasteiger partial charge in [0.05, 0.1) is 13.2 Å². The lowest BCUT2D eigenvalue weighted by Crippen LogP contribution is -2.08. The molecule has 2 heterocycles. The molecule has 3 rings (SSSR count). The molecule has 2 nitrogen and oxygen atoms in total. The summed E-state index contributed by atoms with van der Waals surface area (Å²) in [6, 6.07) is 6.34. The van der Waals surface area contributed by atoms with E-state index in [9.17, 15) is 0 Å². The van der Waals surface area contributed by atoms with Crippen LogP contribution in [0.5, 0.6) is 0 Å². The van der Waals surface area contributed by atoms with Gasteiger partial charge in [-0.2, -0.15) is 0 Å². The zero-order valence-electron chi connectivity index (χ0n) is 7.64. The number of ether oxygens (including phenoxy) is 1. The monoisotopic (exact) mass is 251 g/mol. The van der Waals surface area contributed by atoms with Crippen LogP contribution in [0.2, 0.25) is 0 Å². The summed E-state index contributed by atoms with van der Waals surface area (Å²) in [4.78, 5) is 3.45. The third-order valence-corrected chi connectivity index (χ3v) is 3.19. The smallest absolute Gasteiger partial charge is 0.0740 e. The van der Waals surface area contributed by atoms with Gasteiger partial charge >= 0.3 is 0 Å². The normalized spacial score (nSPS) is 15.8. The Hall–Kier alpha value is -0.800. The van der Waals surface area contributed by atoms with E-state index in [1.807, 2.05) is 0 Å². The van der Waals surface area contributed by atoms with Crippen molar-refractivity contribution in [3.8, 4) is 0 Å². The first-order valence-electron chi connectivity index (χ1n) is 4.71. The Kier molecular flexibility index (Phi) is 1.89. The summed E-state index contributed by atoms with van der Waals surface area (Å²) in [6.45, 7) is 1.58. The predicted octanol–water partition coefficient (Wildman–Crippen LogP) is 3.00. The van der Waals surface area contributed by atoms with Gasteiger partial charge in [-0.15, -0.1) is 0 Å². The van der Waals surface area contributed by atoms with Gasteiger partial charge in [-0.1, -0.05) is 22.0 Å². The molecule has 0 saturated carbocycles. The number of hydrogen-bond acceptors (Lipinski definition) is 1. The largest absolute Gasteiger partial charge is 0.376 e. The van der Waals surface area contributed by atoms with Gasteiger partial charge in [-0.25, -0.2) is 0 Å². The molecule has 0 fully saturated rings. The second-order valence-electron chi connectivity index (χ2n) is 3.57. The van der Waals surface area contributed by atoms with Crippen LogP contribution in [-0.2, 0) is 17.8 Å². The minimum absolute atomic E-state index is 0.747. The van der Waals surface area contributed by atoms with Crippen LogP contribution in [0.25, 0.3) is 10.9 Å². The maximum atomic E-state index is 5.46. The first-order chi connectivity index (χ1) is 6.84. The second-order valence-corrected chi connectivity index (χ2v) is 4.49. The number of rotatable bonds is 0. The third-order valence-electron chi connectivity index (χ3n) is 2.70. The van der Waals surface area contributed by atoms with Crippen molar-refractivity contribution < 1.29 is 4.74 Å². The number of halogens is 1. The average molecular weight is 252 g/mol. The van der Waals surface area contributed by atoms with Crippen LogP contribution >= 0.6 is 15.9 Å². The van der Waals surface area contributed by atoms with E-state index in [1.54, 1.807) is 0 Å². The summed E-state index contributed by atoms with van der Waals surface area (Å²) in [5, 5.41) is 1.29. The fourth-order valence-corrected chi connectivity index (χ4v) is 2.37. The molecule has 0 saturated heterocycles. The Bertz CT molecular complexity index is 489. The molecule has 1 N–H and O–H groups in total. The maximum absolute atomic E-state index is 5.46. The minimum atomic E-state index is 0.747. The zero-order valence-corrected chi connectivity index (χ0v) is 9.23. The zero-order chi connectivity index (χ0) is 9.54. The quantitative estimate of drug-likeness (QED) is 0.766. The number of aromatic amines is 1. The first-order valence-corrected chi connectivity index (χ1v) is 5.50. The molecular weight excluding hydrogens is 242 g/mol. The molecule has 0 radical (unpaired) electrons. The van der Waals surface area contributed by atoms with E-state index in [0.717, 1.165) is 24.1 Å². The van der Waals surface area contributed by atoms with Crippen LogP contribution in [0.15, 0.2) is 22.7 Å². The number of fused-ring (bicyclic) bond motifs is 3. The molecule has 1 aromatic carbocycles. The molecule has 14 heavy (non-hydrogen) atoms. The SMILES string of the molecule is Brc1ccc2c3c([nH]c2c1)CCOC3. The Balaban J connectivity index is 2.31. The van der Waals surface area contributed by atoms with Gasteiger partial charge in [-0.3, -0.25) is 0 Å². The van der Waals surface area contributed by atoms with E-state index < -0.39 is 0 Å². The van der Waals surface area contributed by atoms with Gasteiger partial charge in [-0.05, 0) is 12.1 Å². The van der Waals surface area contributed by atoms with Crippen molar-refractivity contribution >= 4 is 26.8 Å². The van der Waals surface area contributed by atoms with Crippen molar-refractivity contribution in [1.29, 1.82) is 0 Å². The highest BCUT2D eigenvalue weighted by Gasteiger charge is 2.15. The van der Waals surface area contributed by atoms with Crippen molar-refractivity contribution in [2.75, 3.05) is 6.61 Å². The summed E-state index contributed by atoms with van der Waals surface area (Å²) < 4.78 is 6.58. The summed E-state index contributed by atoms with van der Waals surface area (Å²) in [6.07, 6.45) is 1.00. The molecule has 0 amide bonds. The molecule has 1 aliphatic rings. The van der Waals surface area contributed by atoms with Crippen molar-refractivity contribution in [3.63, 3.8) is 0 Å². The van der Waals surface area contributed by atoms with Crippen LogP contribution in [-0.4, -0.2) is 11.6 Å². The molecule has 0 aliphatic carbocycles. The van der Waals surface area contributed by atoms with E-state index in [4.69, 9.17) is 4.74 Å². The van der Waals surface area contributed by atoms with Gasteiger partial charge in [0.25, 0.3) is 0 Å². The number of aromatic nitrogens is 1. The Morgan fingerprint density at radius 3 is 3.21 bits per heavy atom. The molecule has 1 aromatic heterocycles. The van der Waals surface area contributed by atoms with Crippen LogP contribution in [0.3, 0.4) is 0 Å². The molecule has 0 bridgehead atoms. The lowest BCUT2D eigenvalue weighted by Gasteiger charge is -2.11. The lowest BCUT2D eigenvalue weighted by molar-refractivity contribution is 0.111. The molecule has 2 aromatic rings. The van der Waals surface area contributed by atoms with Gasteiger partial charge < -0.3 is 9.72 Å². The average Bonchev–Trinajstić information content (AvgIpc) is 2.54. The molecule has 0 spiro atoms. The molecule has 72 valence electrons. The predicted molar refractivity (Wildman–Crippen MR) is 59.4 cm³/mol. The van der Waals surface area contributed by atoms with Crippen LogP contribution in [0.1, 0.15) is 11.3 Å². The molecular formula is C11H10BrNO.